The number of hydrogen-bond acceptors (Lipinski definition) is 5. The van der Waals surface area contributed by atoms with Crippen LogP contribution in [-0.2, 0) is 0 Å². The molecule has 1 aromatic carbocycles. The lowest BCUT2D eigenvalue weighted by molar-refractivity contribution is 0.0928. The summed E-state index contributed by atoms with van der Waals surface area (Å²) in [4.78, 5) is 14.0. The Morgan fingerprint density at radius 1 is 1.38 bits per heavy atom. The number of aliphatic hydroxyl groups is 1. The first kappa shape index (κ1) is 18.7. The van der Waals surface area contributed by atoms with Crippen molar-refractivity contribution in [3.63, 3.8) is 0 Å². The maximum absolute atomic E-state index is 12.4. The largest absolute Gasteiger partial charge is 0.495 e. The van der Waals surface area contributed by atoms with Gasteiger partial charge in [0, 0.05) is 30.4 Å². The third-order valence-corrected chi connectivity index (χ3v) is 5.18. The highest BCUT2D eigenvalue weighted by Gasteiger charge is 2.26. The van der Waals surface area contributed by atoms with Crippen LogP contribution in [0.15, 0.2) is 36.4 Å². The average molecular weight is 369 g/mol. The van der Waals surface area contributed by atoms with Crippen LogP contribution in [0.3, 0.4) is 0 Å². The van der Waals surface area contributed by atoms with E-state index in [2.05, 4.69) is 10.6 Å². The number of rotatable bonds is 5. The fraction of sp³-hybridized carbons (Fsp3) is 0.353. The Labute approximate surface area is 151 Å². The Morgan fingerprint density at radius 2 is 2.12 bits per heavy atom. The first-order valence-electron chi connectivity index (χ1n) is 7.59. The third-order valence-electron chi connectivity index (χ3n) is 4.01. The molecule has 2 aromatic rings. The molecule has 5 nitrogen and oxygen atoms in total. The number of nitrogens with one attached hydrogen (secondary N) is 2. The van der Waals surface area contributed by atoms with Crippen molar-refractivity contribution in [2.24, 2.45) is 5.92 Å². The molecule has 0 bridgehead atoms. The van der Waals surface area contributed by atoms with Crippen molar-refractivity contribution >= 4 is 29.7 Å². The van der Waals surface area contributed by atoms with E-state index in [1.165, 1.54) is 11.3 Å². The molecule has 0 saturated carbocycles. The molecule has 3 rings (SSSR count). The van der Waals surface area contributed by atoms with Gasteiger partial charge >= 0.3 is 0 Å². The molecule has 1 aliphatic heterocycles. The molecular formula is C17H21ClN2O3S. The number of hydrogen-bond donors (Lipinski definition) is 3. The average Bonchev–Trinajstić information content (AvgIpc) is 3.19. The second kappa shape index (κ2) is 8.48. The minimum Gasteiger partial charge on any atom is -0.495 e. The lowest BCUT2D eigenvalue weighted by Crippen LogP contribution is -2.34. The highest BCUT2D eigenvalue weighted by molar-refractivity contribution is 7.17. The van der Waals surface area contributed by atoms with Gasteiger partial charge in [0.1, 0.15) is 10.6 Å². The second-order valence-electron chi connectivity index (χ2n) is 5.57. The highest BCUT2D eigenvalue weighted by Crippen LogP contribution is 2.36. The van der Waals surface area contributed by atoms with Crippen molar-refractivity contribution in [2.75, 3.05) is 26.7 Å². The molecule has 0 radical (unpaired) electrons. The summed E-state index contributed by atoms with van der Waals surface area (Å²) in [6.45, 7) is 1.76. The molecule has 2 atom stereocenters. The molecule has 24 heavy (non-hydrogen) atoms. The van der Waals surface area contributed by atoms with Gasteiger partial charge in [0.25, 0.3) is 5.91 Å². The number of benzene rings is 1. The highest BCUT2D eigenvalue weighted by atomic mass is 35.5. The van der Waals surface area contributed by atoms with Crippen molar-refractivity contribution < 1.29 is 14.6 Å². The Kier molecular flexibility index (Phi) is 6.62. The minimum atomic E-state index is -0.402. The fourth-order valence-electron chi connectivity index (χ4n) is 2.66. The predicted octanol–water partition coefficient (Wildman–Crippen LogP) is 2.16. The number of amides is 1. The van der Waals surface area contributed by atoms with Crippen LogP contribution < -0.4 is 15.4 Å². The molecule has 1 amide bonds. The van der Waals surface area contributed by atoms with E-state index in [4.69, 9.17) is 4.74 Å². The van der Waals surface area contributed by atoms with Gasteiger partial charge in [0.15, 0.2) is 0 Å². The molecule has 3 N–H and O–H groups in total. The van der Waals surface area contributed by atoms with Crippen molar-refractivity contribution in [2.45, 2.75) is 6.10 Å². The molecule has 1 saturated heterocycles. The Hall–Kier alpha value is -1.60. The first-order valence-corrected chi connectivity index (χ1v) is 8.41. The van der Waals surface area contributed by atoms with Gasteiger partial charge < -0.3 is 20.5 Å². The van der Waals surface area contributed by atoms with E-state index in [9.17, 15) is 9.90 Å². The van der Waals surface area contributed by atoms with Gasteiger partial charge in [-0.1, -0.05) is 30.3 Å². The summed E-state index contributed by atoms with van der Waals surface area (Å²) in [7, 11) is 1.57. The molecule has 130 valence electrons. The minimum absolute atomic E-state index is 0. The van der Waals surface area contributed by atoms with E-state index in [1.807, 2.05) is 36.4 Å². The quantitative estimate of drug-likeness (QED) is 0.756. The Bertz CT molecular complexity index is 678. The summed E-state index contributed by atoms with van der Waals surface area (Å²) >= 11 is 1.41. The van der Waals surface area contributed by atoms with Crippen LogP contribution in [0, 0.1) is 5.92 Å². The fourth-order valence-corrected chi connectivity index (χ4v) is 3.71. The van der Waals surface area contributed by atoms with Crippen LogP contribution in [0.1, 0.15) is 9.67 Å². The maximum atomic E-state index is 12.4. The molecule has 2 heterocycles. The summed E-state index contributed by atoms with van der Waals surface area (Å²) in [5.41, 5.74) is 1.06. The summed E-state index contributed by atoms with van der Waals surface area (Å²) in [6.07, 6.45) is -0.402. The van der Waals surface area contributed by atoms with Gasteiger partial charge in [-0.3, -0.25) is 4.79 Å². The van der Waals surface area contributed by atoms with E-state index >= 15 is 0 Å². The molecule has 1 aliphatic rings. The number of carbonyl (C=O) groups excluding carboxylic acids is 1. The number of carbonyl (C=O) groups is 1. The molecule has 2 unspecified atom stereocenters. The van der Waals surface area contributed by atoms with Gasteiger partial charge in [-0.05, 0) is 11.6 Å². The Morgan fingerprint density at radius 3 is 2.75 bits per heavy atom. The summed E-state index contributed by atoms with van der Waals surface area (Å²) in [6, 6.07) is 11.8. The molecule has 0 aliphatic carbocycles. The lowest BCUT2D eigenvalue weighted by atomic mass is 10.1. The zero-order valence-electron chi connectivity index (χ0n) is 13.3. The van der Waals surface area contributed by atoms with Crippen LogP contribution in [0.4, 0.5) is 0 Å². The van der Waals surface area contributed by atoms with E-state index in [0.717, 1.165) is 17.0 Å². The van der Waals surface area contributed by atoms with Crippen LogP contribution in [0.25, 0.3) is 10.4 Å². The topological polar surface area (TPSA) is 70.6 Å². The van der Waals surface area contributed by atoms with Crippen molar-refractivity contribution in [1.82, 2.24) is 10.6 Å². The van der Waals surface area contributed by atoms with Crippen LogP contribution >= 0.6 is 23.7 Å². The van der Waals surface area contributed by atoms with E-state index in [0.29, 0.717) is 23.7 Å². The molecule has 0 spiro atoms. The van der Waals surface area contributed by atoms with Crippen molar-refractivity contribution in [1.29, 1.82) is 0 Å². The summed E-state index contributed by atoms with van der Waals surface area (Å²) in [5, 5.41) is 15.8. The SMILES string of the molecule is COc1cc(-c2ccccc2)sc1C(=O)NCC1CNCC1O.Cl. The van der Waals surface area contributed by atoms with Gasteiger partial charge in [-0.25, -0.2) is 0 Å². The monoisotopic (exact) mass is 368 g/mol. The van der Waals surface area contributed by atoms with Gasteiger partial charge in [0.05, 0.1) is 13.2 Å². The maximum Gasteiger partial charge on any atom is 0.265 e. The summed E-state index contributed by atoms with van der Waals surface area (Å²) in [5.74, 6) is 0.475. The van der Waals surface area contributed by atoms with Crippen LogP contribution in [0.5, 0.6) is 5.75 Å². The van der Waals surface area contributed by atoms with Gasteiger partial charge in [0.2, 0.25) is 0 Å². The van der Waals surface area contributed by atoms with Gasteiger partial charge in [-0.15, -0.1) is 23.7 Å². The number of thiophene rings is 1. The number of aliphatic hydroxyl groups excluding tert-OH is 1. The van der Waals surface area contributed by atoms with Crippen molar-refractivity contribution in [3.05, 3.63) is 41.3 Å². The number of ether oxygens (including phenoxy) is 1. The van der Waals surface area contributed by atoms with E-state index < -0.39 is 6.10 Å². The zero-order valence-corrected chi connectivity index (χ0v) is 15.0. The summed E-state index contributed by atoms with van der Waals surface area (Å²) < 4.78 is 5.35. The Balaban J connectivity index is 0.00000208. The van der Waals surface area contributed by atoms with Gasteiger partial charge in [-0.2, -0.15) is 0 Å². The zero-order chi connectivity index (χ0) is 16.2. The third kappa shape index (κ3) is 4.08. The molecule has 7 heteroatoms. The molecular weight excluding hydrogens is 348 g/mol. The van der Waals surface area contributed by atoms with E-state index in [1.54, 1.807) is 7.11 Å². The standard InChI is InChI=1S/C17H20N2O3S.ClH/c1-22-14-7-15(11-5-3-2-4-6-11)23-16(14)17(21)19-9-12-8-18-10-13(12)20;/h2-7,12-13,18,20H,8-10H2,1H3,(H,19,21);1H. The number of halogens is 1. The van der Waals surface area contributed by atoms with E-state index in [-0.39, 0.29) is 24.2 Å². The second-order valence-corrected chi connectivity index (χ2v) is 6.62. The molecule has 1 aromatic heterocycles. The smallest absolute Gasteiger partial charge is 0.265 e. The van der Waals surface area contributed by atoms with Crippen molar-refractivity contribution in [3.8, 4) is 16.2 Å². The van der Waals surface area contributed by atoms with Crippen LogP contribution in [0.2, 0.25) is 0 Å². The number of methoxy groups -OCH3 is 1. The van der Waals surface area contributed by atoms with Crippen LogP contribution in [-0.4, -0.2) is 43.9 Å². The predicted molar refractivity (Wildman–Crippen MR) is 98.3 cm³/mol. The first-order chi connectivity index (χ1) is 11.2. The normalized spacial score (nSPS) is 19.6. The lowest BCUT2D eigenvalue weighted by Gasteiger charge is -2.13. The molecule has 1 fully saturated rings. The number of β-amino-alcohol motifs (C(OH)–C–C–N with tert-alkyl or cyclic N) is 1.